The Bertz CT molecular complexity index is 575. The number of hydrazone groups is 1. The van der Waals surface area contributed by atoms with E-state index in [0.29, 0.717) is 19.5 Å². The molecule has 0 atom stereocenters. The molecule has 0 aromatic heterocycles. The molecule has 2 rings (SSSR count). The number of amides is 2. The summed E-state index contributed by atoms with van der Waals surface area (Å²) in [5, 5.41) is 4.02. The van der Waals surface area contributed by atoms with E-state index >= 15 is 0 Å². The highest BCUT2D eigenvalue weighted by Gasteiger charge is 2.22. The standard InChI is InChI=1S/C17H23N3O3/c1-13(12-14-6-8-15(23-2)9-7-14)18-19-16(21)17(22)20-10-4-3-5-11-20/h6-9H,3-5,10-12H2,1-2H3,(H,19,21). The molecule has 1 aromatic rings. The number of hydrogen-bond donors (Lipinski definition) is 1. The van der Waals surface area contributed by atoms with Gasteiger partial charge in [-0.05, 0) is 43.9 Å². The molecule has 1 aromatic carbocycles. The van der Waals surface area contributed by atoms with Crippen molar-refractivity contribution in [3.8, 4) is 5.75 Å². The minimum atomic E-state index is -0.666. The lowest BCUT2D eigenvalue weighted by Crippen LogP contribution is -2.44. The van der Waals surface area contributed by atoms with Crippen LogP contribution >= 0.6 is 0 Å². The first-order valence-corrected chi connectivity index (χ1v) is 7.85. The molecule has 1 fully saturated rings. The number of methoxy groups -OCH3 is 1. The van der Waals surface area contributed by atoms with Crippen LogP contribution in [0.5, 0.6) is 5.75 Å². The molecule has 1 aliphatic rings. The van der Waals surface area contributed by atoms with E-state index in [1.54, 1.807) is 12.0 Å². The van der Waals surface area contributed by atoms with Gasteiger partial charge in [-0.3, -0.25) is 9.59 Å². The third-order valence-corrected chi connectivity index (χ3v) is 3.80. The van der Waals surface area contributed by atoms with E-state index in [1.807, 2.05) is 31.2 Å². The van der Waals surface area contributed by atoms with E-state index in [9.17, 15) is 9.59 Å². The van der Waals surface area contributed by atoms with Gasteiger partial charge >= 0.3 is 11.8 Å². The largest absolute Gasteiger partial charge is 0.497 e. The number of rotatable bonds is 4. The van der Waals surface area contributed by atoms with Crippen LogP contribution in [0.25, 0.3) is 0 Å². The Hall–Kier alpha value is -2.37. The van der Waals surface area contributed by atoms with Crippen LogP contribution in [0.2, 0.25) is 0 Å². The molecule has 1 heterocycles. The number of carbonyl (C=O) groups is 2. The highest BCUT2D eigenvalue weighted by atomic mass is 16.5. The van der Waals surface area contributed by atoms with Gasteiger partial charge < -0.3 is 9.64 Å². The number of likely N-dealkylation sites (tertiary alicyclic amines) is 1. The van der Waals surface area contributed by atoms with Crippen molar-refractivity contribution in [3.05, 3.63) is 29.8 Å². The van der Waals surface area contributed by atoms with Gasteiger partial charge in [0.25, 0.3) is 0 Å². The first kappa shape index (κ1) is 17.0. The fourth-order valence-electron chi connectivity index (χ4n) is 2.51. The number of ether oxygens (including phenoxy) is 1. The summed E-state index contributed by atoms with van der Waals surface area (Å²) in [6.45, 7) is 3.12. The predicted octanol–water partition coefficient (Wildman–Crippen LogP) is 1.74. The summed E-state index contributed by atoms with van der Waals surface area (Å²) in [5.74, 6) is -0.365. The molecule has 0 radical (unpaired) electrons. The molecule has 0 saturated carbocycles. The monoisotopic (exact) mass is 317 g/mol. The van der Waals surface area contributed by atoms with E-state index in [0.717, 1.165) is 36.3 Å². The normalized spacial score (nSPS) is 15.2. The van der Waals surface area contributed by atoms with Gasteiger partial charge in [-0.15, -0.1) is 0 Å². The van der Waals surface area contributed by atoms with E-state index < -0.39 is 11.8 Å². The number of nitrogens with zero attached hydrogens (tertiary/aromatic N) is 2. The topological polar surface area (TPSA) is 71.0 Å². The van der Waals surface area contributed by atoms with Crippen molar-refractivity contribution in [2.75, 3.05) is 20.2 Å². The van der Waals surface area contributed by atoms with Crippen molar-refractivity contribution in [2.45, 2.75) is 32.6 Å². The lowest BCUT2D eigenvalue weighted by Gasteiger charge is -2.25. The molecule has 0 aliphatic carbocycles. The number of hydrogen-bond acceptors (Lipinski definition) is 4. The Morgan fingerprint density at radius 2 is 1.83 bits per heavy atom. The molecule has 0 bridgehead atoms. The quantitative estimate of drug-likeness (QED) is 0.522. The van der Waals surface area contributed by atoms with Crippen molar-refractivity contribution in [3.63, 3.8) is 0 Å². The molecule has 1 saturated heterocycles. The molecule has 6 nitrogen and oxygen atoms in total. The Morgan fingerprint density at radius 1 is 1.17 bits per heavy atom. The van der Waals surface area contributed by atoms with Crippen molar-refractivity contribution < 1.29 is 14.3 Å². The molecule has 6 heteroatoms. The first-order chi connectivity index (χ1) is 11.1. The van der Waals surface area contributed by atoms with Crippen LogP contribution in [-0.4, -0.2) is 42.6 Å². The van der Waals surface area contributed by atoms with Gasteiger partial charge in [0.2, 0.25) is 0 Å². The van der Waals surface area contributed by atoms with Gasteiger partial charge in [0.1, 0.15) is 5.75 Å². The van der Waals surface area contributed by atoms with Crippen LogP contribution in [0.4, 0.5) is 0 Å². The second-order valence-electron chi connectivity index (χ2n) is 5.67. The van der Waals surface area contributed by atoms with Crippen LogP contribution in [0, 0.1) is 0 Å². The predicted molar refractivity (Wildman–Crippen MR) is 88.4 cm³/mol. The van der Waals surface area contributed by atoms with E-state index in [2.05, 4.69) is 10.5 Å². The second kappa shape index (κ2) is 8.31. The minimum Gasteiger partial charge on any atom is -0.497 e. The average Bonchev–Trinajstić information content (AvgIpc) is 2.60. The van der Waals surface area contributed by atoms with Crippen LogP contribution in [0.3, 0.4) is 0 Å². The van der Waals surface area contributed by atoms with Gasteiger partial charge in [-0.2, -0.15) is 5.10 Å². The summed E-state index contributed by atoms with van der Waals surface area (Å²) in [5.41, 5.74) is 4.15. The fourth-order valence-corrected chi connectivity index (χ4v) is 2.51. The zero-order chi connectivity index (χ0) is 16.7. The maximum atomic E-state index is 12.0. The molecular weight excluding hydrogens is 294 g/mol. The minimum absolute atomic E-state index is 0.495. The Balaban J connectivity index is 1.85. The van der Waals surface area contributed by atoms with Gasteiger partial charge in [0, 0.05) is 25.2 Å². The van der Waals surface area contributed by atoms with Crippen LogP contribution in [-0.2, 0) is 16.0 Å². The smallest absolute Gasteiger partial charge is 0.329 e. The third kappa shape index (κ3) is 5.09. The summed E-state index contributed by atoms with van der Waals surface area (Å²) in [4.78, 5) is 25.4. The summed E-state index contributed by atoms with van der Waals surface area (Å²) in [6.07, 6.45) is 3.63. The average molecular weight is 317 g/mol. The van der Waals surface area contributed by atoms with Gasteiger partial charge in [-0.1, -0.05) is 12.1 Å². The lowest BCUT2D eigenvalue weighted by molar-refractivity contribution is -0.146. The molecule has 23 heavy (non-hydrogen) atoms. The zero-order valence-electron chi connectivity index (χ0n) is 13.7. The highest BCUT2D eigenvalue weighted by Crippen LogP contribution is 2.12. The molecule has 0 spiro atoms. The lowest BCUT2D eigenvalue weighted by atomic mass is 10.1. The van der Waals surface area contributed by atoms with Gasteiger partial charge in [0.15, 0.2) is 0 Å². The van der Waals surface area contributed by atoms with Crippen molar-refractivity contribution in [1.82, 2.24) is 10.3 Å². The molecule has 0 unspecified atom stereocenters. The number of piperidine rings is 1. The van der Waals surface area contributed by atoms with Crippen molar-refractivity contribution in [2.24, 2.45) is 5.10 Å². The summed E-state index contributed by atoms with van der Waals surface area (Å²) >= 11 is 0. The molecule has 124 valence electrons. The fraction of sp³-hybridized carbons (Fsp3) is 0.471. The SMILES string of the molecule is COc1ccc(CC(C)=NNC(=O)C(=O)N2CCCCC2)cc1. The number of nitrogens with one attached hydrogen (secondary N) is 1. The van der Waals surface area contributed by atoms with E-state index in [-0.39, 0.29) is 0 Å². The van der Waals surface area contributed by atoms with Crippen molar-refractivity contribution >= 4 is 17.5 Å². The highest BCUT2D eigenvalue weighted by molar-refractivity contribution is 6.35. The van der Waals surface area contributed by atoms with Gasteiger partial charge in [-0.25, -0.2) is 5.43 Å². The summed E-state index contributed by atoms with van der Waals surface area (Å²) in [6, 6.07) is 7.64. The van der Waals surface area contributed by atoms with Crippen molar-refractivity contribution in [1.29, 1.82) is 0 Å². The van der Waals surface area contributed by atoms with Crippen LogP contribution in [0.1, 0.15) is 31.7 Å². The Morgan fingerprint density at radius 3 is 2.43 bits per heavy atom. The Labute approximate surface area is 136 Å². The number of carbonyl (C=O) groups excluding carboxylic acids is 2. The first-order valence-electron chi connectivity index (χ1n) is 7.85. The maximum absolute atomic E-state index is 12.0. The molecule has 1 aliphatic heterocycles. The summed E-state index contributed by atoms with van der Waals surface area (Å²) < 4.78 is 5.11. The Kier molecular flexibility index (Phi) is 6.14. The van der Waals surface area contributed by atoms with E-state index in [4.69, 9.17) is 4.74 Å². The molecular formula is C17H23N3O3. The van der Waals surface area contributed by atoms with Crippen LogP contribution in [0.15, 0.2) is 29.4 Å². The van der Waals surface area contributed by atoms with E-state index in [1.165, 1.54) is 0 Å². The molecule has 2 amide bonds. The number of benzene rings is 1. The second-order valence-corrected chi connectivity index (χ2v) is 5.67. The van der Waals surface area contributed by atoms with Crippen LogP contribution < -0.4 is 10.2 Å². The third-order valence-electron chi connectivity index (χ3n) is 3.80. The summed E-state index contributed by atoms with van der Waals surface area (Å²) in [7, 11) is 1.62. The van der Waals surface area contributed by atoms with Gasteiger partial charge in [0.05, 0.1) is 7.11 Å². The zero-order valence-corrected chi connectivity index (χ0v) is 13.7. The maximum Gasteiger partial charge on any atom is 0.329 e. The molecule has 1 N–H and O–H groups in total.